The van der Waals surface area contributed by atoms with Crippen LogP contribution in [0.25, 0.3) is 0 Å². The van der Waals surface area contributed by atoms with Crippen molar-refractivity contribution in [2.24, 2.45) is 5.92 Å². The van der Waals surface area contributed by atoms with Gasteiger partial charge in [0.25, 0.3) is 0 Å². The number of hydrogen-bond acceptors (Lipinski definition) is 3. The van der Waals surface area contributed by atoms with Gasteiger partial charge in [-0.2, -0.15) is 0 Å². The molecule has 2 unspecified atom stereocenters. The van der Waals surface area contributed by atoms with Crippen LogP contribution < -0.4 is 14.8 Å². The fraction of sp³-hybridized carbons (Fsp3) is 0.647. The van der Waals surface area contributed by atoms with Crippen molar-refractivity contribution in [3.8, 4) is 11.5 Å². The monoisotopic (exact) mass is 277 g/mol. The van der Waals surface area contributed by atoms with Crippen LogP contribution in [0, 0.1) is 5.92 Å². The minimum Gasteiger partial charge on any atom is -0.486 e. The Bertz CT molecular complexity index is 419. The molecule has 3 heteroatoms. The van der Waals surface area contributed by atoms with Gasteiger partial charge in [0.05, 0.1) is 0 Å². The highest BCUT2D eigenvalue weighted by molar-refractivity contribution is 5.48. The Morgan fingerprint density at radius 2 is 2.00 bits per heavy atom. The third-order valence-electron chi connectivity index (χ3n) is 3.95. The summed E-state index contributed by atoms with van der Waals surface area (Å²) in [5.41, 5.74) is 1.25. The summed E-state index contributed by atoms with van der Waals surface area (Å²) >= 11 is 0. The van der Waals surface area contributed by atoms with Crippen LogP contribution in [0.3, 0.4) is 0 Å². The Labute approximate surface area is 122 Å². The van der Waals surface area contributed by atoms with Gasteiger partial charge in [-0.25, -0.2) is 0 Å². The zero-order valence-corrected chi connectivity index (χ0v) is 12.9. The Morgan fingerprint density at radius 1 is 1.20 bits per heavy atom. The van der Waals surface area contributed by atoms with Gasteiger partial charge in [0.2, 0.25) is 0 Å². The Morgan fingerprint density at radius 3 is 2.75 bits per heavy atom. The van der Waals surface area contributed by atoms with E-state index >= 15 is 0 Å². The van der Waals surface area contributed by atoms with Gasteiger partial charge in [0, 0.05) is 11.6 Å². The summed E-state index contributed by atoms with van der Waals surface area (Å²) in [5.74, 6) is 2.53. The van der Waals surface area contributed by atoms with Crippen molar-refractivity contribution < 1.29 is 9.47 Å². The summed E-state index contributed by atoms with van der Waals surface area (Å²) in [5, 5.41) is 3.67. The minimum absolute atomic E-state index is 0.349. The molecule has 0 aliphatic carbocycles. The molecule has 1 aromatic rings. The van der Waals surface area contributed by atoms with E-state index in [-0.39, 0.29) is 0 Å². The molecule has 20 heavy (non-hydrogen) atoms. The van der Waals surface area contributed by atoms with Crippen LogP contribution in [0.2, 0.25) is 0 Å². The van der Waals surface area contributed by atoms with Gasteiger partial charge >= 0.3 is 0 Å². The highest BCUT2D eigenvalue weighted by Crippen LogP contribution is 2.38. The lowest BCUT2D eigenvalue weighted by Gasteiger charge is -2.27. The fourth-order valence-electron chi connectivity index (χ4n) is 2.58. The van der Waals surface area contributed by atoms with Gasteiger partial charge in [-0.1, -0.05) is 39.3 Å². The van der Waals surface area contributed by atoms with Gasteiger partial charge in [0.1, 0.15) is 13.2 Å². The molecule has 0 spiro atoms. The summed E-state index contributed by atoms with van der Waals surface area (Å²) in [4.78, 5) is 0. The lowest BCUT2D eigenvalue weighted by molar-refractivity contribution is 0.168. The van der Waals surface area contributed by atoms with Crippen molar-refractivity contribution in [2.45, 2.75) is 46.1 Å². The normalized spacial score (nSPS) is 16.8. The van der Waals surface area contributed by atoms with Crippen LogP contribution >= 0.6 is 0 Å². The summed E-state index contributed by atoms with van der Waals surface area (Å²) in [7, 11) is 0. The van der Waals surface area contributed by atoms with Crippen LogP contribution in [0.15, 0.2) is 18.2 Å². The molecule has 1 N–H and O–H groups in total. The van der Waals surface area contributed by atoms with E-state index in [9.17, 15) is 0 Å². The van der Waals surface area contributed by atoms with Crippen molar-refractivity contribution in [1.29, 1.82) is 0 Å². The predicted molar refractivity (Wildman–Crippen MR) is 82.5 cm³/mol. The number of nitrogens with one attached hydrogen (secondary N) is 1. The zero-order chi connectivity index (χ0) is 14.4. The molecule has 1 aliphatic rings. The van der Waals surface area contributed by atoms with Crippen molar-refractivity contribution in [1.82, 2.24) is 5.32 Å². The number of para-hydroxylation sites is 1. The maximum Gasteiger partial charge on any atom is 0.166 e. The molecule has 0 saturated heterocycles. The summed E-state index contributed by atoms with van der Waals surface area (Å²) in [6, 6.07) is 6.59. The molecular weight excluding hydrogens is 250 g/mol. The molecule has 0 radical (unpaired) electrons. The van der Waals surface area contributed by atoms with Crippen LogP contribution in [-0.2, 0) is 0 Å². The molecular formula is C17H27NO2. The van der Waals surface area contributed by atoms with Gasteiger partial charge in [0.15, 0.2) is 11.5 Å². The second-order valence-electron chi connectivity index (χ2n) is 5.63. The van der Waals surface area contributed by atoms with Crippen molar-refractivity contribution in [3.05, 3.63) is 23.8 Å². The van der Waals surface area contributed by atoms with Gasteiger partial charge in [-0.15, -0.1) is 0 Å². The fourth-order valence-corrected chi connectivity index (χ4v) is 2.58. The number of fused-ring (bicyclic) bond motifs is 1. The summed E-state index contributed by atoms with van der Waals surface area (Å²) in [6.45, 7) is 9.09. The molecule has 2 rings (SSSR count). The van der Waals surface area contributed by atoms with Gasteiger partial charge in [-0.3, -0.25) is 0 Å². The lowest BCUT2D eigenvalue weighted by Crippen LogP contribution is -2.26. The van der Waals surface area contributed by atoms with E-state index in [4.69, 9.17) is 9.47 Å². The van der Waals surface area contributed by atoms with Gasteiger partial charge < -0.3 is 14.8 Å². The average Bonchev–Trinajstić information content (AvgIpc) is 2.50. The number of benzene rings is 1. The maximum absolute atomic E-state index is 5.87. The van der Waals surface area contributed by atoms with Crippen LogP contribution in [0.1, 0.15) is 51.6 Å². The standard InChI is InChI=1S/C17H27NO2/c1-4-9-18-15(12-13(3)5-2)14-7-6-8-16-17(14)20-11-10-19-16/h6-8,13,15,18H,4-5,9-12H2,1-3H3. The largest absolute Gasteiger partial charge is 0.486 e. The van der Waals surface area contributed by atoms with E-state index in [1.165, 1.54) is 12.0 Å². The van der Waals surface area contributed by atoms with E-state index in [2.05, 4.69) is 38.2 Å². The molecule has 0 amide bonds. The van der Waals surface area contributed by atoms with Crippen molar-refractivity contribution in [3.63, 3.8) is 0 Å². The van der Waals surface area contributed by atoms with E-state index < -0.39 is 0 Å². The number of rotatable bonds is 7. The molecule has 0 aromatic heterocycles. The van der Waals surface area contributed by atoms with E-state index in [0.717, 1.165) is 30.9 Å². The molecule has 0 saturated carbocycles. The zero-order valence-electron chi connectivity index (χ0n) is 12.9. The Kier molecular flexibility index (Phi) is 5.72. The van der Waals surface area contributed by atoms with Crippen molar-refractivity contribution in [2.75, 3.05) is 19.8 Å². The average molecular weight is 277 g/mol. The third kappa shape index (κ3) is 3.66. The lowest BCUT2D eigenvalue weighted by atomic mass is 9.93. The van der Waals surface area contributed by atoms with Gasteiger partial charge in [-0.05, 0) is 31.4 Å². The molecule has 1 aliphatic heterocycles. The first kappa shape index (κ1) is 15.2. The number of hydrogen-bond donors (Lipinski definition) is 1. The first-order valence-corrected chi connectivity index (χ1v) is 7.88. The summed E-state index contributed by atoms with van der Waals surface area (Å²) in [6.07, 6.45) is 3.48. The second-order valence-corrected chi connectivity index (χ2v) is 5.63. The minimum atomic E-state index is 0.349. The Hall–Kier alpha value is -1.22. The molecule has 1 aromatic carbocycles. The van der Waals surface area contributed by atoms with E-state index in [0.29, 0.717) is 25.2 Å². The molecule has 3 nitrogen and oxygen atoms in total. The molecule has 0 bridgehead atoms. The van der Waals surface area contributed by atoms with Crippen LogP contribution in [-0.4, -0.2) is 19.8 Å². The molecule has 1 heterocycles. The topological polar surface area (TPSA) is 30.5 Å². The second kappa shape index (κ2) is 7.53. The summed E-state index contributed by atoms with van der Waals surface area (Å²) < 4.78 is 11.6. The van der Waals surface area contributed by atoms with E-state index in [1.807, 2.05) is 6.07 Å². The quantitative estimate of drug-likeness (QED) is 0.819. The third-order valence-corrected chi connectivity index (χ3v) is 3.95. The molecule has 112 valence electrons. The van der Waals surface area contributed by atoms with Crippen molar-refractivity contribution >= 4 is 0 Å². The predicted octanol–water partition coefficient (Wildman–Crippen LogP) is 3.93. The highest BCUT2D eigenvalue weighted by Gasteiger charge is 2.22. The SMILES string of the molecule is CCCNC(CC(C)CC)c1cccc2c1OCCO2. The van der Waals surface area contributed by atoms with Crippen LogP contribution in [0.4, 0.5) is 0 Å². The Balaban J connectivity index is 2.22. The van der Waals surface area contributed by atoms with E-state index in [1.54, 1.807) is 0 Å². The molecule has 0 fully saturated rings. The smallest absolute Gasteiger partial charge is 0.166 e. The number of ether oxygens (including phenoxy) is 2. The molecule has 2 atom stereocenters. The van der Waals surface area contributed by atoms with Crippen LogP contribution in [0.5, 0.6) is 11.5 Å². The first-order valence-electron chi connectivity index (χ1n) is 7.88. The highest BCUT2D eigenvalue weighted by atomic mass is 16.6. The maximum atomic E-state index is 5.87. The first-order chi connectivity index (χ1) is 9.76.